The number of hydrogen-bond donors (Lipinski definition) is 1. The molecule has 0 aromatic heterocycles. The Kier molecular flexibility index (Phi) is 5.84. The average Bonchev–Trinajstić information content (AvgIpc) is 3.08. The lowest BCUT2D eigenvalue weighted by Crippen LogP contribution is -2.43. The highest BCUT2D eigenvalue weighted by Gasteiger charge is 2.25. The lowest BCUT2D eigenvalue weighted by molar-refractivity contribution is -0.119. The van der Waals surface area contributed by atoms with Crippen molar-refractivity contribution < 1.29 is 4.79 Å². The molecule has 4 nitrogen and oxygen atoms in total. The van der Waals surface area contributed by atoms with E-state index in [4.69, 9.17) is 0 Å². The molecule has 126 valence electrons. The zero-order valence-corrected chi connectivity index (χ0v) is 14.8. The highest BCUT2D eigenvalue weighted by molar-refractivity contribution is 8.00. The van der Waals surface area contributed by atoms with Gasteiger partial charge in [0.2, 0.25) is 5.91 Å². The van der Waals surface area contributed by atoms with E-state index in [-0.39, 0.29) is 5.91 Å². The van der Waals surface area contributed by atoms with E-state index in [1.807, 2.05) is 11.8 Å². The van der Waals surface area contributed by atoms with Crippen LogP contribution in [0.25, 0.3) is 0 Å². The van der Waals surface area contributed by atoms with E-state index < -0.39 is 0 Å². The van der Waals surface area contributed by atoms with Crippen molar-refractivity contribution in [2.45, 2.75) is 36.3 Å². The van der Waals surface area contributed by atoms with Crippen molar-refractivity contribution in [1.82, 2.24) is 10.2 Å². The van der Waals surface area contributed by atoms with Gasteiger partial charge in [0.15, 0.2) is 0 Å². The minimum absolute atomic E-state index is 0.140. The molecule has 2 aliphatic heterocycles. The third-order valence-corrected chi connectivity index (χ3v) is 6.08. The quantitative estimate of drug-likeness (QED) is 0.868. The van der Waals surface area contributed by atoms with Crippen LogP contribution in [0.1, 0.15) is 26.2 Å². The summed E-state index contributed by atoms with van der Waals surface area (Å²) >= 11 is 1.94. The Morgan fingerprint density at radius 3 is 2.87 bits per heavy atom. The Morgan fingerprint density at radius 2 is 2.09 bits per heavy atom. The molecule has 1 aromatic rings. The SMILES string of the molecule is CCC1CN(CC(=O)NCCN2CCCC2)c2ccccc2S1. The number of hydrogen-bond acceptors (Lipinski definition) is 4. The second-order valence-electron chi connectivity index (χ2n) is 6.40. The second-order valence-corrected chi connectivity index (χ2v) is 7.74. The zero-order valence-electron chi connectivity index (χ0n) is 14.0. The molecular weight excluding hydrogens is 306 g/mol. The third-order valence-electron chi connectivity index (χ3n) is 4.66. The van der Waals surface area contributed by atoms with Crippen LogP contribution in [0.5, 0.6) is 0 Å². The number of para-hydroxylation sites is 1. The van der Waals surface area contributed by atoms with Crippen LogP contribution in [-0.4, -0.2) is 55.3 Å². The summed E-state index contributed by atoms with van der Waals surface area (Å²) in [7, 11) is 0. The Hall–Kier alpha value is -1.20. The van der Waals surface area contributed by atoms with Gasteiger partial charge >= 0.3 is 0 Å². The first-order valence-electron chi connectivity index (χ1n) is 8.76. The molecular formula is C18H27N3OS. The van der Waals surface area contributed by atoms with Gasteiger partial charge in [0.05, 0.1) is 12.2 Å². The molecule has 0 aliphatic carbocycles. The van der Waals surface area contributed by atoms with Crippen molar-refractivity contribution >= 4 is 23.4 Å². The molecule has 1 aromatic carbocycles. The Morgan fingerprint density at radius 1 is 1.30 bits per heavy atom. The summed E-state index contributed by atoms with van der Waals surface area (Å²) in [6, 6.07) is 8.44. The van der Waals surface area contributed by atoms with Gasteiger partial charge in [0, 0.05) is 29.8 Å². The maximum atomic E-state index is 12.3. The molecule has 1 amide bonds. The fraction of sp³-hybridized carbons (Fsp3) is 0.611. The van der Waals surface area contributed by atoms with E-state index >= 15 is 0 Å². The smallest absolute Gasteiger partial charge is 0.239 e. The van der Waals surface area contributed by atoms with Gasteiger partial charge in [0.1, 0.15) is 0 Å². The van der Waals surface area contributed by atoms with Crippen molar-refractivity contribution in [2.75, 3.05) is 44.2 Å². The van der Waals surface area contributed by atoms with E-state index in [0.717, 1.165) is 26.1 Å². The number of nitrogens with zero attached hydrogens (tertiary/aromatic N) is 2. The van der Waals surface area contributed by atoms with Gasteiger partial charge in [-0.3, -0.25) is 4.79 Å². The van der Waals surface area contributed by atoms with Crippen molar-refractivity contribution in [1.29, 1.82) is 0 Å². The van der Waals surface area contributed by atoms with Crippen molar-refractivity contribution in [3.8, 4) is 0 Å². The van der Waals surface area contributed by atoms with Gasteiger partial charge in [-0.1, -0.05) is 19.1 Å². The maximum Gasteiger partial charge on any atom is 0.239 e. The normalized spacial score (nSPS) is 21.3. The van der Waals surface area contributed by atoms with Crippen molar-refractivity contribution in [2.24, 2.45) is 0 Å². The summed E-state index contributed by atoms with van der Waals surface area (Å²) < 4.78 is 0. The number of thioether (sulfide) groups is 1. The highest BCUT2D eigenvalue weighted by atomic mass is 32.2. The number of benzene rings is 1. The molecule has 0 saturated carbocycles. The van der Waals surface area contributed by atoms with Crippen LogP contribution in [0.4, 0.5) is 5.69 Å². The van der Waals surface area contributed by atoms with Gasteiger partial charge < -0.3 is 15.1 Å². The molecule has 5 heteroatoms. The number of nitrogens with one attached hydrogen (secondary N) is 1. The van der Waals surface area contributed by atoms with Crippen molar-refractivity contribution in [3.05, 3.63) is 24.3 Å². The minimum Gasteiger partial charge on any atom is -0.360 e. The van der Waals surface area contributed by atoms with Crippen LogP contribution in [0.15, 0.2) is 29.2 Å². The summed E-state index contributed by atoms with van der Waals surface area (Å²) in [5, 5.41) is 3.66. The van der Waals surface area contributed by atoms with Crippen LogP contribution in [0, 0.1) is 0 Å². The molecule has 1 fully saturated rings. The van der Waals surface area contributed by atoms with Gasteiger partial charge in [-0.05, 0) is 44.5 Å². The van der Waals surface area contributed by atoms with Crippen LogP contribution in [-0.2, 0) is 4.79 Å². The van der Waals surface area contributed by atoms with Crippen LogP contribution in [0.2, 0.25) is 0 Å². The standard InChI is InChI=1S/C18H27N3OS/c1-2-15-13-21(16-7-3-4-8-17(16)23-15)14-18(22)19-9-12-20-10-5-6-11-20/h3-4,7-8,15H,2,5-6,9-14H2,1H3,(H,19,22). The number of fused-ring (bicyclic) bond motifs is 1. The Bertz CT molecular complexity index is 531. The van der Waals surface area contributed by atoms with Gasteiger partial charge in [-0.2, -0.15) is 0 Å². The molecule has 23 heavy (non-hydrogen) atoms. The van der Waals surface area contributed by atoms with E-state index in [1.165, 1.54) is 36.5 Å². The van der Waals surface area contributed by atoms with E-state index in [9.17, 15) is 4.79 Å². The summed E-state index contributed by atoms with van der Waals surface area (Å²) in [5.74, 6) is 0.140. The summed E-state index contributed by atoms with van der Waals surface area (Å²) in [6.07, 6.45) is 3.73. The monoisotopic (exact) mass is 333 g/mol. The maximum absolute atomic E-state index is 12.3. The molecule has 1 unspecified atom stereocenters. The van der Waals surface area contributed by atoms with Gasteiger partial charge in [-0.15, -0.1) is 11.8 Å². The predicted molar refractivity (Wildman–Crippen MR) is 97.3 cm³/mol. The van der Waals surface area contributed by atoms with E-state index in [0.29, 0.717) is 11.8 Å². The number of carbonyl (C=O) groups excluding carboxylic acids is 1. The summed E-state index contributed by atoms with van der Waals surface area (Å²) in [5.41, 5.74) is 1.21. The van der Waals surface area contributed by atoms with Crippen LogP contribution < -0.4 is 10.2 Å². The van der Waals surface area contributed by atoms with Gasteiger partial charge in [0.25, 0.3) is 0 Å². The van der Waals surface area contributed by atoms with Crippen LogP contribution in [0.3, 0.4) is 0 Å². The Labute approximate surface area is 143 Å². The number of amides is 1. The molecule has 2 aliphatic rings. The average molecular weight is 334 g/mol. The lowest BCUT2D eigenvalue weighted by atomic mass is 10.2. The summed E-state index contributed by atoms with van der Waals surface area (Å²) in [4.78, 5) is 18.3. The van der Waals surface area contributed by atoms with Crippen molar-refractivity contribution in [3.63, 3.8) is 0 Å². The molecule has 1 atom stereocenters. The topological polar surface area (TPSA) is 35.6 Å². The lowest BCUT2D eigenvalue weighted by Gasteiger charge is -2.34. The number of likely N-dealkylation sites (tertiary alicyclic amines) is 1. The summed E-state index contributed by atoms with van der Waals surface area (Å²) in [6.45, 7) is 7.76. The van der Waals surface area contributed by atoms with Crippen LogP contribution >= 0.6 is 11.8 Å². The first-order chi connectivity index (χ1) is 11.3. The molecule has 2 heterocycles. The minimum atomic E-state index is 0.140. The molecule has 1 N–H and O–H groups in total. The van der Waals surface area contributed by atoms with E-state index in [1.54, 1.807) is 0 Å². The first-order valence-corrected chi connectivity index (χ1v) is 9.64. The first kappa shape index (κ1) is 16.7. The number of carbonyl (C=O) groups is 1. The fourth-order valence-corrected chi connectivity index (χ4v) is 4.59. The van der Waals surface area contributed by atoms with Gasteiger partial charge in [-0.25, -0.2) is 0 Å². The fourth-order valence-electron chi connectivity index (χ4n) is 3.33. The molecule has 1 saturated heterocycles. The second kappa shape index (κ2) is 8.06. The predicted octanol–water partition coefficient (Wildman–Crippen LogP) is 2.59. The number of rotatable bonds is 6. The number of anilines is 1. The third kappa shape index (κ3) is 4.42. The molecule has 0 spiro atoms. The van der Waals surface area contributed by atoms with E-state index in [2.05, 4.69) is 46.3 Å². The largest absolute Gasteiger partial charge is 0.360 e. The highest BCUT2D eigenvalue weighted by Crippen LogP contribution is 2.39. The molecule has 3 rings (SSSR count). The zero-order chi connectivity index (χ0) is 16.1. The Balaban J connectivity index is 1.52. The molecule has 0 radical (unpaired) electrons. The molecule has 0 bridgehead atoms.